The Balaban J connectivity index is 1.34. The Morgan fingerprint density at radius 1 is 0.446 bits per heavy atom. The van der Waals surface area contributed by atoms with Gasteiger partial charge >= 0.3 is 330 Å². The first-order valence-corrected chi connectivity index (χ1v) is 26.9. The predicted molar refractivity (Wildman–Crippen MR) is 225 cm³/mol. The van der Waals surface area contributed by atoms with Gasteiger partial charge in [0, 0.05) is 0 Å². The van der Waals surface area contributed by atoms with Crippen LogP contribution in [-0.2, 0) is 34.3 Å². The van der Waals surface area contributed by atoms with Gasteiger partial charge in [-0.05, 0) is 0 Å². The van der Waals surface area contributed by atoms with Crippen LogP contribution in [0.3, 0.4) is 0 Å². The van der Waals surface area contributed by atoms with Gasteiger partial charge in [-0.1, -0.05) is 0 Å². The van der Waals surface area contributed by atoms with E-state index >= 15 is 9.59 Å². The second kappa shape index (κ2) is 13.1. The van der Waals surface area contributed by atoms with Crippen LogP contribution < -0.4 is 7.74 Å². The SMILES string of the molecule is C[Si](C)=[Ti]([O]C(=O)c1cccc2ccccc12)([O]C(=O)c1cccc2ccccc12)([c]1cccc2c1Cc1ccccc1-2)[c]1cccc2c1Cc1ccccc1-2. The molecular formula is C50H38O4SiTi. The summed E-state index contributed by atoms with van der Waals surface area (Å²) < 4.78 is 17.1. The zero-order valence-corrected chi connectivity index (χ0v) is 33.8. The number of fused-ring (bicyclic) bond motifs is 8. The monoisotopic (exact) mass is 778 g/mol. The second-order valence-electron chi connectivity index (χ2n) is 15.2. The topological polar surface area (TPSA) is 52.6 Å². The molecular weight excluding hydrogens is 740 g/mol. The zero-order valence-electron chi connectivity index (χ0n) is 31.2. The van der Waals surface area contributed by atoms with Crippen LogP contribution in [0.2, 0.25) is 13.1 Å². The summed E-state index contributed by atoms with van der Waals surface area (Å²) in [6.45, 7) is 4.38. The summed E-state index contributed by atoms with van der Waals surface area (Å²) >= 11 is -6.03. The van der Waals surface area contributed by atoms with Gasteiger partial charge in [0.15, 0.2) is 0 Å². The fraction of sp³-hybridized carbons (Fsp3) is 0.0800. The molecule has 56 heavy (non-hydrogen) atoms. The van der Waals surface area contributed by atoms with Crippen LogP contribution in [0.1, 0.15) is 43.0 Å². The van der Waals surface area contributed by atoms with Gasteiger partial charge in [0.25, 0.3) is 0 Å². The van der Waals surface area contributed by atoms with Crippen LogP contribution >= 0.6 is 0 Å². The summed E-state index contributed by atoms with van der Waals surface area (Å²) in [5.41, 5.74) is 9.95. The summed E-state index contributed by atoms with van der Waals surface area (Å²) in [6, 6.07) is 57.0. The normalized spacial score (nSPS) is 12.8. The van der Waals surface area contributed by atoms with Crippen molar-refractivity contribution < 1.29 is 31.0 Å². The van der Waals surface area contributed by atoms with Crippen molar-refractivity contribution in [1.82, 2.24) is 0 Å². The molecule has 4 nitrogen and oxygen atoms in total. The number of carbonyl (C=O) groups is 2. The summed E-state index contributed by atoms with van der Waals surface area (Å²) in [5.74, 6) is -0.950. The third kappa shape index (κ3) is 5.01. The van der Waals surface area contributed by atoms with E-state index in [0.29, 0.717) is 24.0 Å². The van der Waals surface area contributed by atoms with E-state index in [4.69, 9.17) is 6.64 Å². The first kappa shape index (κ1) is 34.6. The van der Waals surface area contributed by atoms with E-state index in [9.17, 15) is 0 Å². The van der Waals surface area contributed by atoms with Crippen LogP contribution in [-0.4, -0.2) is 18.1 Å². The van der Waals surface area contributed by atoms with Crippen molar-refractivity contribution >= 4 is 47.4 Å². The maximum absolute atomic E-state index is 15.5. The van der Waals surface area contributed by atoms with Crippen molar-refractivity contribution in [3.63, 3.8) is 0 Å². The van der Waals surface area contributed by atoms with Gasteiger partial charge in [0.2, 0.25) is 0 Å². The summed E-state index contributed by atoms with van der Waals surface area (Å²) in [6.07, 6.45) is -0.631. The minimum atomic E-state index is -6.03. The third-order valence-electron chi connectivity index (χ3n) is 12.2. The van der Waals surface area contributed by atoms with Crippen LogP contribution in [0.5, 0.6) is 0 Å². The van der Waals surface area contributed by atoms with E-state index < -0.39 is 32.9 Å². The first-order valence-electron chi connectivity index (χ1n) is 19.2. The molecule has 0 N–H and O–H groups in total. The fourth-order valence-electron chi connectivity index (χ4n) is 9.56. The number of rotatable bonds is 6. The first-order chi connectivity index (χ1) is 27.4. The molecule has 0 saturated carbocycles. The second-order valence-corrected chi connectivity index (χ2v) is 31.3. The molecule has 8 aromatic carbocycles. The van der Waals surface area contributed by atoms with Gasteiger partial charge in [-0.25, -0.2) is 0 Å². The molecule has 6 heteroatoms. The Morgan fingerprint density at radius 3 is 1.29 bits per heavy atom. The molecule has 10 rings (SSSR count). The van der Waals surface area contributed by atoms with Crippen molar-refractivity contribution in [3.8, 4) is 22.3 Å². The Kier molecular flexibility index (Phi) is 8.12. The van der Waals surface area contributed by atoms with Gasteiger partial charge in [-0.3, -0.25) is 0 Å². The molecule has 0 aromatic heterocycles. The van der Waals surface area contributed by atoms with Gasteiger partial charge in [-0.15, -0.1) is 0 Å². The van der Waals surface area contributed by atoms with Crippen LogP contribution in [0, 0.1) is 0 Å². The quantitative estimate of drug-likeness (QED) is 0.158. The van der Waals surface area contributed by atoms with E-state index in [-0.39, 0.29) is 0 Å². The minimum absolute atomic E-state index is 0.454. The summed E-state index contributed by atoms with van der Waals surface area (Å²) in [7, 11) is 0. The van der Waals surface area contributed by atoms with Gasteiger partial charge in [-0.2, -0.15) is 0 Å². The molecule has 8 aromatic rings. The fourth-order valence-corrected chi connectivity index (χ4v) is 27.0. The Bertz CT molecular complexity index is 2840. The summed E-state index contributed by atoms with van der Waals surface area (Å²) in [5, 5.41) is 3.47. The molecule has 0 bridgehead atoms. The molecule has 0 aliphatic heterocycles. The molecule has 0 heterocycles. The molecule has 0 spiro atoms. The van der Waals surface area contributed by atoms with Crippen molar-refractivity contribution in [1.29, 1.82) is 0 Å². The number of hydrogen-bond acceptors (Lipinski definition) is 4. The predicted octanol–water partition coefficient (Wildman–Crippen LogP) is 10.6. The Labute approximate surface area is 328 Å². The number of carbonyl (C=O) groups excluding carboxylic acids is 2. The van der Waals surface area contributed by atoms with E-state index in [0.717, 1.165) is 62.7 Å². The van der Waals surface area contributed by atoms with Crippen LogP contribution in [0.4, 0.5) is 0 Å². The third-order valence-corrected chi connectivity index (χ3v) is 31.9. The van der Waals surface area contributed by atoms with E-state index in [1.165, 1.54) is 11.1 Å². The van der Waals surface area contributed by atoms with Crippen molar-refractivity contribution in [3.05, 3.63) is 203 Å². The summed E-state index contributed by atoms with van der Waals surface area (Å²) in [4.78, 5) is 31.1. The molecule has 0 radical (unpaired) electrons. The average Bonchev–Trinajstić information content (AvgIpc) is 3.81. The van der Waals surface area contributed by atoms with E-state index in [2.05, 4.69) is 98.0 Å². The molecule has 2 aliphatic rings. The van der Waals surface area contributed by atoms with Gasteiger partial charge in [0.05, 0.1) is 0 Å². The zero-order chi connectivity index (χ0) is 38.0. The van der Waals surface area contributed by atoms with Crippen LogP contribution in [0.15, 0.2) is 170 Å². The Hall–Kier alpha value is -5.85. The molecule has 0 atom stereocenters. The molecule has 2 aliphatic carbocycles. The van der Waals surface area contributed by atoms with E-state index in [1.54, 1.807) is 0 Å². The van der Waals surface area contributed by atoms with Crippen molar-refractivity contribution in [2.75, 3.05) is 0 Å². The van der Waals surface area contributed by atoms with Gasteiger partial charge < -0.3 is 0 Å². The van der Waals surface area contributed by atoms with Gasteiger partial charge in [0.1, 0.15) is 0 Å². The number of benzene rings is 8. The number of hydrogen-bond donors (Lipinski definition) is 0. The van der Waals surface area contributed by atoms with Crippen LogP contribution in [0.25, 0.3) is 43.8 Å². The molecule has 270 valence electrons. The molecule has 0 fully saturated rings. The van der Waals surface area contributed by atoms with Crippen molar-refractivity contribution in [2.45, 2.75) is 25.9 Å². The molecule has 0 unspecified atom stereocenters. The average molecular weight is 779 g/mol. The van der Waals surface area contributed by atoms with Crippen molar-refractivity contribution in [2.24, 2.45) is 0 Å². The molecule has 0 saturated heterocycles. The molecule has 0 amide bonds. The standard InChI is InChI=1S/2C13H9.2C11H8O2.C2H6Si.Ti/c2*1-3-7-12-10(5-1)9-11-6-2-4-8-13(11)12;2*12-11(13)10-7-3-5-8-4-1-2-6-9(8)10;1-3-2;/h2*1-5,7-8H,9H2;2*1-7H,(H,12,13);1-2H3;/q;;;;;+2/p-2. The maximum atomic E-state index is 15.5. The van der Waals surface area contributed by atoms with E-state index in [1.807, 2.05) is 84.9 Å². The Morgan fingerprint density at radius 2 is 0.821 bits per heavy atom.